The van der Waals surface area contributed by atoms with Crippen LogP contribution in [0.15, 0.2) is 18.7 Å². The molecular formula is C14H21N5O2. The van der Waals surface area contributed by atoms with E-state index in [9.17, 15) is 4.79 Å². The molecule has 7 heteroatoms. The van der Waals surface area contributed by atoms with Gasteiger partial charge in [0.15, 0.2) is 6.10 Å². The Bertz CT molecular complexity index is 476. The van der Waals surface area contributed by atoms with Crippen LogP contribution >= 0.6 is 0 Å². The third-order valence-corrected chi connectivity index (χ3v) is 4.07. The number of aromatic nitrogens is 2. The van der Waals surface area contributed by atoms with Crippen molar-refractivity contribution >= 4 is 11.6 Å². The van der Waals surface area contributed by atoms with E-state index in [1.54, 1.807) is 12.4 Å². The van der Waals surface area contributed by atoms with E-state index >= 15 is 0 Å². The summed E-state index contributed by atoms with van der Waals surface area (Å²) in [4.78, 5) is 26.9. The largest absolute Gasteiger partial charge is 0.365 e. The highest BCUT2D eigenvalue weighted by Gasteiger charge is 2.31. The van der Waals surface area contributed by atoms with Crippen LogP contribution < -0.4 is 4.90 Å². The molecule has 1 aromatic rings. The van der Waals surface area contributed by atoms with E-state index in [-0.39, 0.29) is 12.0 Å². The summed E-state index contributed by atoms with van der Waals surface area (Å²) in [6.07, 6.45) is 4.67. The molecule has 0 bridgehead atoms. The van der Waals surface area contributed by atoms with Crippen molar-refractivity contribution in [2.24, 2.45) is 0 Å². The lowest BCUT2D eigenvalue weighted by atomic mass is 10.2. The van der Waals surface area contributed by atoms with Crippen molar-refractivity contribution in [2.45, 2.75) is 6.10 Å². The Morgan fingerprint density at radius 1 is 1.19 bits per heavy atom. The van der Waals surface area contributed by atoms with Gasteiger partial charge in [0.05, 0.1) is 31.2 Å². The molecule has 0 radical (unpaired) electrons. The van der Waals surface area contributed by atoms with Gasteiger partial charge < -0.3 is 19.4 Å². The summed E-state index contributed by atoms with van der Waals surface area (Å²) in [6, 6.07) is 0. The molecule has 21 heavy (non-hydrogen) atoms. The number of hydrogen-bond donors (Lipinski definition) is 0. The summed E-state index contributed by atoms with van der Waals surface area (Å²) >= 11 is 0. The standard InChI is InChI=1S/C14H21N5O2/c1-17-2-4-18(5-3-17)14(20)13-10-19(6-7-21-13)12-8-15-11-16-9-12/h8-9,11,13H,2-7,10H2,1H3. The van der Waals surface area contributed by atoms with Gasteiger partial charge in [0.1, 0.15) is 6.33 Å². The van der Waals surface area contributed by atoms with Gasteiger partial charge in [-0.05, 0) is 7.05 Å². The lowest BCUT2D eigenvalue weighted by Crippen LogP contribution is -2.55. The molecule has 3 heterocycles. The molecule has 3 rings (SSSR count). The normalized spacial score (nSPS) is 24.1. The first-order valence-corrected chi connectivity index (χ1v) is 7.33. The number of morpholine rings is 1. The zero-order valence-corrected chi connectivity index (χ0v) is 12.3. The van der Waals surface area contributed by atoms with Crippen LogP contribution in [0.1, 0.15) is 0 Å². The van der Waals surface area contributed by atoms with Gasteiger partial charge in [0.25, 0.3) is 5.91 Å². The maximum absolute atomic E-state index is 12.6. The van der Waals surface area contributed by atoms with Gasteiger partial charge in [-0.1, -0.05) is 0 Å². The molecule has 2 aliphatic rings. The second kappa shape index (κ2) is 6.36. The Balaban J connectivity index is 1.62. The van der Waals surface area contributed by atoms with Crippen molar-refractivity contribution in [3.05, 3.63) is 18.7 Å². The highest BCUT2D eigenvalue weighted by atomic mass is 16.5. The first kappa shape index (κ1) is 14.2. The molecule has 7 nitrogen and oxygen atoms in total. The molecular weight excluding hydrogens is 270 g/mol. The predicted octanol–water partition coefficient (Wildman–Crippen LogP) is -0.544. The van der Waals surface area contributed by atoms with Gasteiger partial charge in [-0.2, -0.15) is 0 Å². The predicted molar refractivity (Wildman–Crippen MR) is 78.1 cm³/mol. The minimum Gasteiger partial charge on any atom is -0.365 e. The van der Waals surface area contributed by atoms with E-state index < -0.39 is 0 Å². The number of ether oxygens (including phenoxy) is 1. The number of nitrogens with zero attached hydrogens (tertiary/aromatic N) is 5. The third-order valence-electron chi connectivity index (χ3n) is 4.07. The van der Waals surface area contributed by atoms with Crippen LogP contribution in [-0.4, -0.2) is 84.7 Å². The number of rotatable bonds is 2. The van der Waals surface area contributed by atoms with Crippen LogP contribution in [0.25, 0.3) is 0 Å². The Morgan fingerprint density at radius 2 is 1.90 bits per heavy atom. The molecule has 2 saturated heterocycles. The minimum absolute atomic E-state index is 0.102. The van der Waals surface area contributed by atoms with Crippen LogP contribution in [0.3, 0.4) is 0 Å². The Kier molecular flexibility index (Phi) is 4.31. The molecule has 1 amide bonds. The van der Waals surface area contributed by atoms with Crippen LogP contribution in [0.4, 0.5) is 5.69 Å². The highest BCUT2D eigenvalue weighted by Crippen LogP contribution is 2.17. The van der Waals surface area contributed by atoms with Gasteiger partial charge in [-0.3, -0.25) is 4.79 Å². The van der Waals surface area contributed by atoms with Crippen molar-refractivity contribution in [1.29, 1.82) is 0 Å². The molecule has 0 aromatic carbocycles. The van der Waals surface area contributed by atoms with E-state index in [2.05, 4.69) is 26.8 Å². The number of likely N-dealkylation sites (N-methyl/N-ethyl adjacent to an activating group) is 1. The first-order chi connectivity index (χ1) is 10.2. The first-order valence-electron chi connectivity index (χ1n) is 7.33. The van der Waals surface area contributed by atoms with Crippen molar-refractivity contribution in [1.82, 2.24) is 19.8 Å². The molecule has 2 aliphatic heterocycles. The number of amides is 1. The maximum Gasteiger partial charge on any atom is 0.253 e. The second-order valence-electron chi connectivity index (χ2n) is 5.53. The molecule has 1 atom stereocenters. The Labute approximate surface area is 124 Å². The van der Waals surface area contributed by atoms with Crippen molar-refractivity contribution < 1.29 is 9.53 Å². The van der Waals surface area contributed by atoms with Crippen molar-refractivity contribution in [2.75, 3.05) is 57.8 Å². The van der Waals surface area contributed by atoms with Crippen LogP contribution in [0.2, 0.25) is 0 Å². The maximum atomic E-state index is 12.6. The summed E-state index contributed by atoms with van der Waals surface area (Å²) in [5.41, 5.74) is 0.942. The average Bonchev–Trinajstić information content (AvgIpc) is 2.56. The van der Waals surface area contributed by atoms with Gasteiger partial charge in [-0.25, -0.2) is 9.97 Å². The van der Waals surface area contributed by atoms with Crippen LogP contribution in [0, 0.1) is 0 Å². The lowest BCUT2D eigenvalue weighted by Gasteiger charge is -2.38. The summed E-state index contributed by atoms with van der Waals surface area (Å²) < 4.78 is 5.68. The fraction of sp³-hybridized carbons (Fsp3) is 0.643. The minimum atomic E-state index is -0.387. The quantitative estimate of drug-likeness (QED) is 0.729. The molecule has 0 aliphatic carbocycles. The second-order valence-corrected chi connectivity index (χ2v) is 5.53. The summed E-state index contributed by atoms with van der Waals surface area (Å²) in [6.45, 7) is 5.30. The van der Waals surface area contributed by atoms with Crippen molar-refractivity contribution in [3.8, 4) is 0 Å². The average molecular weight is 291 g/mol. The van der Waals surface area contributed by atoms with E-state index in [1.807, 2.05) is 4.90 Å². The Morgan fingerprint density at radius 3 is 2.62 bits per heavy atom. The van der Waals surface area contributed by atoms with Gasteiger partial charge in [0.2, 0.25) is 0 Å². The number of piperazine rings is 1. The number of carbonyl (C=O) groups excluding carboxylic acids is 1. The fourth-order valence-electron chi connectivity index (χ4n) is 2.72. The van der Waals surface area contributed by atoms with Crippen LogP contribution in [0.5, 0.6) is 0 Å². The molecule has 0 saturated carbocycles. The lowest BCUT2D eigenvalue weighted by molar-refractivity contribution is -0.146. The number of hydrogen-bond acceptors (Lipinski definition) is 6. The molecule has 1 unspecified atom stereocenters. The molecule has 0 spiro atoms. The molecule has 2 fully saturated rings. The van der Waals surface area contributed by atoms with Gasteiger partial charge >= 0.3 is 0 Å². The van der Waals surface area contributed by atoms with Crippen molar-refractivity contribution in [3.63, 3.8) is 0 Å². The van der Waals surface area contributed by atoms with Gasteiger partial charge in [-0.15, -0.1) is 0 Å². The van der Waals surface area contributed by atoms with Gasteiger partial charge in [0, 0.05) is 32.7 Å². The van der Waals surface area contributed by atoms with Crippen LogP contribution in [-0.2, 0) is 9.53 Å². The molecule has 0 N–H and O–H groups in total. The third kappa shape index (κ3) is 3.30. The summed E-state index contributed by atoms with van der Waals surface area (Å²) in [5.74, 6) is 0.102. The zero-order chi connectivity index (χ0) is 14.7. The number of carbonyl (C=O) groups is 1. The summed E-state index contributed by atoms with van der Waals surface area (Å²) in [5, 5.41) is 0. The van der Waals surface area contributed by atoms with E-state index in [1.165, 1.54) is 6.33 Å². The van der Waals surface area contributed by atoms with E-state index in [4.69, 9.17) is 4.74 Å². The fourth-order valence-corrected chi connectivity index (χ4v) is 2.72. The Hall–Kier alpha value is -1.73. The zero-order valence-electron chi connectivity index (χ0n) is 12.3. The highest BCUT2D eigenvalue weighted by molar-refractivity contribution is 5.82. The topological polar surface area (TPSA) is 61.8 Å². The summed E-state index contributed by atoms with van der Waals surface area (Å²) in [7, 11) is 2.08. The monoisotopic (exact) mass is 291 g/mol. The molecule has 1 aromatic heterocycles. The van der Waals surface area contributed by atoms with E-state index in [0.29, 0.717) is 13.2 Å². The molecule has 114 valence electrons. The SMILES string of the molecule is CN1CCN(C(=O)C2CN(c3cncnc3)CCO2)CC1. The smallest absolute Gasteiger partial charge is 0.253 e. The van der Waals surface area contributed by atoms with E-state index in [0.717, 1.165) is 38.4 Å². The number of anilines is 1.